The van der Waals surface area contributed by atoms with Gasteiger partial charge >= 0.3 is 0 Å². The van der Waals surface area contributed by atoms with Crippen LogP contribution in [0.2, 0.25) is 0 Å². The molecule has 148 valence electrons. The van der Waals surface area contributed by atoms with Crippen molar-refractivity contribution in [1.29, 1.82) is 0 Å². The molecule has 5 rings (SSSR count). The van der Waals surface area contributed by atoms with Crippen LogP contribution in [-0.2, 0) is 4.79 Å². The monoisotopic (exact) mass is 390 g/mol. The number of nitrogens with zero attached hydrogens (tertiary/aromatic N) is 3. The summed E-state index contributed by atoms with van der Waals surface area (Å²) in [6, 6.07) is 11.3. The number of carbonyl (C=O) groups is 1. The minimum atomic E-state index is -0.366. The van der Waals surface area contributed by atoms with E-state index < -0.39 is 0 Å². The quantitative estimate of drug-likeness (QED) is 0.725. The van der Waals surface area contributed by atoms with Gasteiger partial charge in [0.1, 0.15) is 23.4 Å². The predicted octanol–water partition coefficient (Wildman–Crippen LogP) is 3.99. The molecule has 2 atom stereocenters. The van der Waals surface area contributed by atoms with Crippen LogP contribution in [0, 0.1) is 6.92 Å². The summed E-state index contributed by atoms with van der Waals surface area (Å²) in [7, 11) is 0. The van der Waals surface area contributed by atoms with E-state index in [9.17, 15) is 4.79 Å². The third-order valence-corrected chi connectivity index (χ3v) is 5.48. The van der Waals surface area contributed by atoms with Gasteiger partial charge < -0.3 is 14.5 Å². The largest absolute Gasteiger partial charge is 0.494 e. The zero-order valence-electron chi connectivity index (χ0n) is 16.4. The van der Waals surface area contributed by atoms with Crippen LogP contribution in [-0.4, -0.2) is 27.2 Å². The Bertz CT molecular complexity index is 1100. The van der Waals surface area contributed by atoms with Gasteiger partial charge in [0.05, 0.1) is 12.9 Å². The first kappa shape index (κ1) is 17.7. The summed E-state index contributed by atoms with van der Waals surface area (Å²) in [5, 5.41) is 7.95. The van der Waals surface area contributed by atoms with Gasteiger partial charge in [-0.05, 0) is 38.5 Å². The second-order valence-electron chi connectivity index (χ2n) is 7.36. The summed E-state index contributed by atoms with van der Waals surface area (Å²) in [5.74, 6) is 3.00. The average molecular weight is 390 g/mol. The van der Waals surface area contributed by atoms with Crippen molar-refractivity contribution in [1.82, 2.24) is 14.8 Å². The molecule has 3 aromatic rings. The number of rotatable bonds is 4. The van der Waals surface area contributed by atoms with Crippen LogP contribution < -0.4 is 10.1 Å². The van der Waals surface area contributed by atoms with Gasteiger partial charge in [-0.2, -0.15) is 10.1 Å². The Kier molecular flexibility index (Phi) is 4.23. The molecule has 1 N–H and O–H groups in total. The Balaban J connectivity index is 1.65. The van der Waals surface area contributed by atoms with E-state index in [4.69, 9.17) is 9.15 Å². The number of ether oxygens (including phenoxy) is 1. The van der Waals surface area contributed by atoms with Crippen molar-refractivity contribution in [2.75, 3.05) is 11.9 Å². The second-order valence-corrected chi connectivity index (χ2v) is 7.36. The van der Waals surface area contributed by atoms with Gasteiger partial charge in [0, 0.05) is 29.2 Å². The lowest BCUT2D eigenvalue weighted by atomic mass is 9.79. The molecule has 0 saturated heterocycles. The third kappa shape index (κ3) is 2.93. The van der Waals surface area contributed by atoms with Gasteiger partial charge in [0.15, 0.2) is 5.78 Å². The molecule has 3 heterocycles. The van der Waals surface area contributed by atoms with Crippen LogP contribution in [0.25, 0.3) is 0 Å². The molecular formula is C22H22N4O3. The number of hydrogen-bond donors (Lipinski definition) is 1. The fraction of sp³-hybridized carbons (Fsp3) is 0.318. The van der Waals surface area contributed by atoms with Gasteiger partial charge in [-0.1, -0.05) is 18.2 Å². The number of fused-ring (bicyclic) bond motifs is 1. The predicted molar refractivity (Wildman–Crippen MR) is 107 cm³/mol. The number of furan rings is 1. The third-order valence-electron chi connectivity index (χ3n) is 5.48. The van der Waals surface area contributed by atoms with E-state index in [2.05, 4.69) is 15.4 Å². The van der Waals surface area contributed by atoms with E-state index in [-0.39, 0.29) is 17.7 Å². The maximum Gasteiger partial charge on any atom is 0.226 e. The zero-order valence-corrected chi connectivity index (χ0v) is 16.4. The fourth-order valence-electron chi connectivity index (χ4n) is 4.32. The molecule has 0 saturated carbocycles. The van der Waals surface area contributed by atoms with Crippen LogP contribution in [0.3, 0.4) is 0 Å². The van der Waals surface area contributed by atoms with Crippen LogP contribution in [0.15, 0.2) is 58.3 Å². The molecule has 1 aliphatic heterocycles. The molecule has 0 spiro atoms. The maximum atomic E-state index is 13.4. The molecular weight excluding hydrogens is 368 g/mol. The highest BCUT2D eigenvalue weighted by Crippen LogP contribution is 2.45. The molecule has 29 heavy (non-hydrogen) atoms. The van der Waals surface area contributed by atoms with E-state index in [1.807, 2.05) is 50.2 Å². The number of para-hydroxylation sites is 1. The molecule has 2 aliphatic rings. The Hall–Kier alpha value is -3.35. The number of ketones is 1. The van der Waals surface area contributed by atoms with E-state index >= 15 is 0 Å². The smallest absolute Gasteiger partial charge is 0.226 e. The first-order chi connectivity index (χ1) is 14.2. The summed E-state index contributed by atoms with van der Waals surface area (Å²) in [4.78, 5) is 17.9. The van der Waals surface area contributed by atoms with Gasteiger partial charge in [-0.3, -0.25) is 4.79 Å². The minimum Gasteiger partial charge on any atom is -0.494 e. The number of Topliss-reactive ketones (excluding diaryl/α,β-unsaturated/α-hetero) is 1. The summed E-state index contributed by atoms with van der Waals surface area (Å²) in [6.45, 7) is 4.35. The molecule has 0 fully saturated rings. The van der Waals surface area contributed by atoms with Gasteiger partial charge in [-0.15, -0.1) is 0 Å². The summed E-state index contributed by atoms with van der Waals surface area (Å²) >= 11 is 0. The number of hydrogen-bond acceptors (Lipinski definition) is 6. The van der Waals surface area contributed by atoms with Crippen molar-refractivity contribution < 1.29 is 13.9 Å². The van der Waals surface area contributed by atoms with Gasteiger partial charge in [-0.25, -0.2) is 4.68 Å². The zero-order chi connectivity index (χ0) is 20.0. The lowest BCUT2D eigenvalue weighted by molar-refractivity contribution is -0.117. The molecule has 0 bridgehead atoms. The first-order valence-corrected chi connectivity index (χ1v) is 9.87. The van der Waals surface area contributed by atoms with E-state index in [0.29, 0.717) is 31.2 Å². The first-order valence-electron chi connectivity index (χ1n) is 9.87. The number of benzene rings is 1. The summed E-state index contributed by atoms with van der Waals surface area (Å²) in [5.41, 5.74) is 2.54. The summed E-state index contributed by atoms with van der Waals surface area (Å²) < 4.78 is 13.3. The van der Waals surface area contributed by atoms with Crippen molar-refractivity contribution in [3.05, 3.63) is 71.1 Å². The Labute approximate surface area is 168 Å². The molecule has 0 amide bonds. The number of aromatic nitrogens is 3. The number of allylic oxidation sites excluding steroid dienone is 2. The summed E-state index contributed by atoms with van der Waals surface area (Å²) in [6.07, 6.45) is 2.75. The van der Waals surface area contributed by atoms with Gasteiger partial charge in [0.2, 0.25) is 5.95 Å². The van der Waals surface area contributed by atoms with Crippen LogP contribution in [0.4, 0.5) is 5.95 Å². The highest BCUT2D eigenvalue weighted by Gasteiger charge is 2.41. The Morgan fingerprint density at radius 3 is 2.90 bits per heavy atom. The molecule has 1 aromatic carbocycles. The number of nitrogens with one attached hydrogen (secondary N) is 1. The number of carbonyl (C=O) groups excluding carboxylic acids is 1. The standard InChI is InChI=1S/C22H22N4O3/c1-3-28-19-8-5-4-7-15(19)21-20-16(24-22-23-13(2)25-26(21)22)11-14(12-17(20)27)18-9-6-10-29-18/h4-10,14,21H,3,11-12H2,1-2H3,(H,23,24,25). The highest BCUT2D eigenvalue weighted by molar-refractivity contribution is 6.00. The average Bonchev–Trinajstić information content (AvgIpc) is 3.36. The van der Waals surface area contributed by atoms with Crippen molar-refractivity contribution in [2.24, 2.45) is 0 Å². The van der Waals surface area contributed by atoms with Crippen LogP contribution >= 0.6 is 0 Å². The highest BCUT2D eigenvalue weighted by atomic mass is 16.5. The molecule has 2 aromatic heterocycles. The lowest BCUT2D eigenvalue weighted by Crippen LogP contribution is -2.33. The molecule has 1 aliphatic carbocycles. The Morgan fingerprint density at radius 1 is 1.24 bits per heavy atom. The number of anilines is 1. The minimum absolute atomic E-state index is 0.0158. The van der Waals surface area contributed by atoms with Crippen LogP contribution in [0.5, 0.6) is 5.75 Å². The van der Waals surface area contributed by atoms with E-state index in [1.54, 1.807) is 10.9 Å². The normalized spacial score (nSPS) is 20.8. The van der Waals surface area contributed by atoms with E-state index in [1.165, 1.54) is 0 Å². The molecule has 7 heteroatoms. The van der Waals surface area contributed by atoms with Crippen molar-refractivity contribution in [3.8, 4) is 5.75 Å². The van der Waals surface area contributed by atoms with Crippen molar-refractivity contribution in [3.63, 3.8) is 0 Å². The van der Waals surface area contributed by atoms with Gasteiger partial charge in [0.25, 0.3) is 0 Å². The lowest BCUT2D eigenvalue weighted by Gasteiger charge is -2.35. The van der Waals surface area contributed by atoms with Crippen molar-refractivity contribution in [2.45, 2.75) is 38.6 Å². The van der Waals surface area contributed by atoms with Crippen molar-refractivity contribution >= 4 is 11.7 Å². The SMILES string of the molecule is CCOc1ccccc1C1C2=C(CC(c3ccco3)CC2=O)Nc2nc(C)nn21. The van der Waals surface area contributed by atoms with Crippen LogP contribution in [0.1, 0.15) is 48.9 Å². The van der Waals surface area contributed by atoms with E-state index in [0.717, 1.165) is 28.3 Å². The molecule has 7 nitrogen and oxygen atoms in total. The molecule has 2 unspecified atom stereocenters. The Morgan fingerprint density at radius 2 is 2.10 bits per heavy atom. The molecule has 0 radical (unpaired) electrons. The second kappa shape index (κ2) is 6.92. The topological polar surface area (TPSA) is 82.2 Å². The number of aryl methyl sites for hydroxylation is 1. The maximum absolute atomic E-state index is 13.4. The fourth-order valence-corrected chi connectivity index (χ4v) is 4.32.